The van der Waals surface area contributed by atoms with Gasteiger partial charge in [-0.05, 0) is 48.7 Å². The smallest absolute Gasteiger partial charge is 0.115 e. The molecule has 0 saturated heterocycles. The normalized spacial score (nSPS) is 14.1. The Morgan fingerprint density at radius 1 is 1.26 bits per heavy atom. The molecule has 1 unspecified atom stereocenters. The molecule has 100 valence electrons. The van der Waals surface area contributed by atoms with Crippen LogP contribution in [0.4, 0.5) is 0 Å². The fraction of sp³-hybridized carbons (Fsp3) is 0.200. The molecule has 0 saturated carbocycles. The van der Waals surface area contributed by atoms with Crippen molar-refractivity contribution in [3.8, 4) is 5.75 Å². The van der Waals surface area contributed by atoms with Gasteiger partial charge in [0.1, 0.15) is 5.75 Å². The number of phenolic OH excluding ortho intramolecular Hbond substituents is 1. The van der Waals surface area contributed by atoms with Crippen molar-refractivity contribution in [2.75, 3.05) is 0 Å². The number of rotatable bonds is 3. The molecule has 2 rings (SSSR count). The van der Waals surface area contributed by atoms with Gasteiger partial charge in [-0.3, -0.25) is 0 Å². The van der Waals surface area contributed by atoms with Crippen LogP contribution in [-0.2, 0) is 12.0 Å². The summed E-state index contributed by atoms with van der Waals surface area (Å²) in [5.41, 5.74) is 7.66. The van der Waals surface area contributed by atoms with E-state index < -0.39 is 5.54 Å². The molecule has 1 atom stereocenters. The SMILES string of the molecule is CC(N)(Cc1cccc(O)c1)c1ccc(Br)cc1Cl. The third kappa shape index (κ3) is 3.50. The highest BCUT2D eigenvalue weighted by molar-refractivity contribution is 9.10. The lowest BCUT2D eigenvalue weighted by molar-refractivity contribution is 0.468. The first-order valence-corrected chi connectivity index (χ1v) is 7.08. The lowest BCUT2D eigenvalue weighted by Crippen LogP contribution is -2.35. The highest BCUT2D eigenvalue weighted by Gasteiger charge is 2.24. The Hall–Kier alpha value is -1.03. The molecule has 0 radical (unpaired) electrons. The Balaban J connectivity index is 2.31. The van der Waals surface area contributed by atoms with E-state index in [0.29, 0.717) is 11.4 Å². The van der Waals surface area contributed by atoms with E-state index in [1.165, 1.54) is 0 Å². The van der Waals surface area contributed by atoms with Crippen LogP contribution < -0.4 is 5.73 Å². The van der Waals surface area contributed by atoms with Crippen molar-refractivity contribution in [3.63, 3.8) is 0 Å². The lowest BCUT2D eigenvalue weighted by atomic mass is 9.86. The van der Waals surface area contributed by atoms with Crippen LogP contribution in [0.2, 0.25) is 5.02 Å². The number of phenols is 1. The molecule has 2 nitrogen and oxygen atoms in total. The van der Waals surface area contributed by atoms with Crippen molar-refractivity contribution >= 4 is 27.5 Å². The topological polar surface area (TPSA) is 46.2 Å². The summed E-state index contributed by atoms with van der Waals surface area (Å²) in [6.07, 6.45) is 0.600. The molecule has 0 heterocycles. The molecular weight excluding hydrogens is 326 g/mol. The lowest BCUT2D eigenvalue weighted by Gasteiger charge is -2.26. The molecule has 19 heavy (non-hydrogen) atoms. The molecular formula is C15H15BrClNO. The molecule has 0 amide bonds. The van der Waals surface area contributed by atoms with E-state index in [4.69, 9.17) is 17.3 Å². The predicted molar refractivity (Wildman–Crippen MR) is 82.5 cm³/mol. The standard InChI is InChI=1S/C15H15BrClNO/c1-15(18,9-10-3-2-4-12(19)7-10)13-6-5-11(16)8-14(13)17/h2-8,19H,9,18H2,1H3. The van der Waals surface area contributed by atoms with Crippen molar-refractivity contribution < 1.29 is 5.11 Å². The third-order valence-corrected chi connectivity index (χ3v) is 3.83. The fourth-order valence-corrected chi connectivity index (χ4v) is 3.03. The van der Waals surface area contributed by atoms with Crippen LogP contribution in [0, 0.1) is 0 Å². The predicted octanol–water partition coefficient (Wildman–Crippen LogP) is 4.22. The molecule has 0 fully saturated rings. The molecule has 0 aliphatic heterocycles. The van der Waals surface area contributed by atoms with Gasteiger partial charge in [-0.2, -0.15) is 0 Å². The summed E-state index contributed by atoms with van der Waals surface area (Å²) in [6.45, 7) is 1.94. The first kappa shape index (κ1) is 14.4. The molecule has 0 bridgehead atoms. The van der Waals surface area contributed by atoms with Crippen molar-refractivity contribution in [2.24, 2.45) is 5.73 Å². The van der Waals surface area contributed by atoms with E-state index in [2.05, 4.69) is 15.9 Å². The van der Waals surface area contributed by atoms with Gasteiger partial charge in [-0.15, -0.1) is 0 Å². The molecule has 0 aliphatic carbocycles. The van der Waals surface area contributed by atoms with Crippen LogP contribution >= 0.6 is 27.5 Å². The quantitative estimate of drug-likeness (QED) is 0.878. The third-order valence-electron chi connectivity index (χ3n) is 3.03. The molecule has 3 N–H and O–H groups in total. The molecule has 0 aliphatic rings. The van der Waals surface area contributed by atoms with E-state index >= 15 is 0 Å². The van der Waals surface area contributed by atoms with Gasteiger partial charge in [0.05, 0.1) is 0 Å². The van der Waals surface area contributed by atoms with Gasteiger partial charge >= 0.3 is 0 Å². The Bertz CT molecular complexity index is 598. The number of halogens is 2. The molecule has 0 spiro atoms. The van der Waals surface area contributed by atoms with Gasteiger partial charge in [0, 0.05) is 15.0 Å². The summed E-state index contributed by atoms with van der Waals surface area (Å²) in [5, 5.41) is 10.1. The van der Waals surface area contributed by atoms with Crippen molar-refractivity contribution in [2.45, 2.75) is 18.9 Å². The van der Waals surface area contributed by atoms with E-state index in [0.717, 1.165) is 15.6 Å². The minimum absolute atomic E-state index is 0.246. The molecule has 0 aromatic heterocycles. The van der Waals surface area contributed by atoms with Crippen molar-refractivity contribution in [1.82, 2.24) is 0 Å². The minimum Gasteiger partial charge on any atom is -0.508 e. The van der Waals surface area contributed by atoms with Gasteiger partial charge < -0.3 is 10.8 Å². The number of aromatic hydroxyl groups is 1. The van der Waals surface area contributed by atoms with Crippen LogP contribution in [0.5, 0.6) is 5.75 Å². The first-order valence-electron chi connectivity index (χ1n) is 5.91. The first-order chi connectivity index (χ1) is 8.88. The van der Waals surface area contributed by atoms with Crippen molar-refractivity contribution in [3.05, 3.63) is 63.1 Å². The van der Waals surface area contributed by atoms with E-state index in [1.54, 1.807) is 12.1 Å². The molecule has 2 aromatic rings. The average molecular weight is 341 g/mol. The van der Waals surface area contributed by atoms with Crippen LogP contribution in [-0.4, -0.2) is 5.11 Å². The number of hydrogen-bond donors (Lipinski definition) is 2. The highest BCUT2D eigenvalue weighted by atomic mass is 79.9. The second-order valence-corrected chi connectivity index (χ2v) is 6.21. The molecule has 2 aromatic carbocycles. The van der Waals surface area contributed by atoms with Gasteiger partial charge in [-0.1, -0.05) is 45.7 Å². The van der Waals surface area contributed by atoms with Crippen LogP contribution in [0.15, 0.2) is 46.9 Å². The van der Waals surface area contributed by atoms with E-state index in [9.17, 15) is 5.11 Å². The minimum atomic E-state index is -0.592. The van der Waals surface area contributed by atoms with Crippen molar-refractivity contribution in [1.29, 1.82) is 0 Å². The Morgan fingerprint density at radius 2 is 2.00 bits per heavy atom. The maximum Gasteiger partial charge on any atom is 0.115 e. The average Bonchev–Trinajstić information content (AvgIpc) is 2.27. The number of hydrogen-bond acceptors (Lipinski definition) is 2. The summed E-state index contributed by atoms with van der Waals surface area (Å²) in [6, 6.07) is 12.8. The van der Waals surface area contributed by atoms with E-state index in [1.807, 2.05) is 37.3 Å². The van der Waals surface area contributed by atoms with Crippen LogP contribution in [0.1, 0.15) is 18.1 Å². The van der Waals surface area contributed by atoms with Gasteiger partial charge in [0.25, 0.3) is 0 Å². The summed E-state index contributed by atoms with van der Waals surface area (Å²) < 4.78 is 0.925. The largest absolute Gasteiger partial charge is 0.508 e. The maximum atomic E-state index is 9.50. The second-order valence-electron chi connectivity index (χ2n) is 4.89. The highest BCUT2D eigenvalue weighted by Crippen LogP contribution is 2.31. The maximum absolute atomic E-state index is 9.50. The summed E-state index contributed by atoms with van der Waals surface area (Å²) >= 11 is 9.63. The Morgan fingerprint density at radius 3 is 2.63 bits per heavy atom. The van der Waals surface area contributed by atoms with Gasteiger partial charge in [0.15, 0.2) is 0 Å². The zero-order chi connectivity index (χ0) is 14.0. The Labute approximate surface area is 126 Å². The Kier molecular flexibility index (Phi) is 4.19. The van der Waals surface area contributed by atoms with Gasteiger partial charge in [-0.25, -0.2) is 0 Å². The van der Waals surface area contributed by atoms with Crippen LogP contribution in [0.3, 0.4) is 0 Å². The number of nitrogens with two attached hydrogens (primary N) is 1. The van der Waals surface area contributed by atoms with Gasteiger partial charge in [0.2, 0.25) is 0 Å². The second kappa shape index (κ2) is 5.53. The van der Waals surface area contributed by atoms with E-state index in [-0.39, 0.29) is 5.75 Å². The fourth-order valence-electron chi connectivity index (χ4n) is 2.14. The molecule has 4 heteroatoms. The zero-order valence-electron chi connectivity index (χ0n) is 10.5. The van der Waals surface area contributed by atoms with Crippen LogP contribution in [0.25, 0.3) is 0 Å². The monoisotopic (exact) mass is 339 g/mol. The zero-order valence-corrected chi connectivity index (χ0v) is 12.9. The number of benzene rings is 2. The summed E-state index contributed by atoms with van der Waals surface area (Å²) in [7, 11) is 0. The summed E-state index contributed by atoms with van der Waals surface area (Å²) in [5.74, 6) is 0.246. The summed E-state index contributed by atoms with van der Waals surface area (Å²) in [4.78, 5) is 0.